The number of aromatic nitrogens is 4. The van der Waals surface area contributed by atoms with Crippen LogP contribution >= 0.6 is 0 Å². The summed E-state index contributed by atoms with van der Waals surface area (Å²) in [6.45, 7) is 10.7. The number of hydrogen-bond acceptors (Lipinski definition) is 5. The number of benzene rings is 1. The molecule has 2 aromatic heterocycles. The highest BCUT2D eigenvalue weighted by atomic mass is 16.1. The summed E-state index contributed by atoms with van der Waals surface area (Å²) >= 11 is 0. The molecule has 7 heteroatoms. The monoisotopic (exact) mass is 378 g/mol. The zero-order chi connectivity index (χ0) is 20.4. The fourth-order valence-corrected chi connectivity index (χ4v) is 3.56. The largest absolute Gasteiger partial charge is 0.368 e. The number of rotatable bonds is 5. The Morgan fingerprint density at radius 3 is 2.61 bits per heavy atom. The highest BCUT2D eigenvalue weighted by Crippen LogP contribution is 2.23. The summed E-state index contributed by atoms with van der Waals surface area (Å²) in [5, 5.41) is 7.62. The molecule has 146 valence electrons. The molecule has 1 amide bonds. The summed E-state index contributed by atoms with van der Waals surface area (Å²) in [4.78, 5) is 21.2. The molecule has 3 aromatic rings. The van der Waals surface area contributed by atoms with Gasteiger partial charge in [0, 0.05) is 34.6 Å². The molecule has 0 aliphatic carbocycles. The van der Waals surface area contributed by atoms with Crippen molar-refractivity contribution in [3.63, 3.8) is 0 Å². The lowest BCUT2D eigenvalue weighted by Crippen LogP contribution is -2.27. The van der Waals surface area contributed by atoms with E-state index in [0.717, 1.165) is 34.8 Å². The highest BCUT2D eigenvalue weighted by molar-refractivity contribution is 5.95. The van der Waals surface area contributed by atoms with Crippen LogP contribution in [0.15, 0.2) is 30.3 Å². The topological polar surface area (TPSA) is 98.7 Å². The number of nitrogens with zero attached hydrogens (tertiary/aromatic N) is 4. The second-order valence-corrected chi connectivity index (χ2v) is 6.93. The molecule has 7 nitrogen and oxygen atoms in total. The lowest BCUT2D eigenvalue weighted by Gasteiger charge is -2.15. The lowest BCUT2D eigenvalue weighted by atomic mass is 10.0. The van der Waals surface area contributed by atoms with E-state index in [2.05, 4.69) is 27.3 Å². The molecule has 0 saturated carbocycles. The SMILES string of the molecule is CCn1nc(C)c([C@H](C)NC(=O)c2cccc(-c3cc(C)nc(N)n3)c2)c1C. The Bertz CT molecular complexity index is 1000. The molecule has 0 aliphatic rings. The fourth-order valence-electron chi connectivity index (χ4n) is 3.56. The van der Waals surface area contributed by atoms with Gasteiger partial charge in [0.2, 0.25) is 5.95 Å². The predicted molar refractivity (Wildman–Crippen MR) is 110 cm³/mol. The van der Waals surface area contributed by atoms with E-state index in [-0.39, 0.29) is 17.9 Å². The first-order chi connectivity index (χ1) is 13.3. The Hall–Kier alpha value is -3.22. The molecule has 0 bridgehead atoms. The maximum atomic E-state index is 12.8. The molecule has 0 saturated heterocycles. The second kappa shape index (κ2) is 7.80. The molecule has 3 rings (SSSR count). The van der Waals surface area contributed by atoms with E-state index < -0.39 is 0 Å². The number of nitrogens with one attached hydrogen (secondary N) is 1. The third-order valence-electron chi connectivity index (χ3n) is 4.81. The van der Waals surface area contributed by atoms with E-state index in [1.807, 2.05) is 56.6 Å². The van der Waals surface area contributed by atoms with Crippen LogP contribution in [0.5, 0.6) is 0 Å². The average molecular weight is 378 g/mol. The first kappa shape index (κ1) is 19.5. The van der Waals surface area contributed by atoms with Gasteiger partial charge >= 0.3 is 0 Å². The maximum Gasteiger partial charge on any atom is 0.251 e. The van der Waals surface area contributed by atoms with Crippen molar-refractivity contribution in [2.75, 3.05) is 5.73 Å². The van der Waals surface area contributed by atoms with Gasteiger partial charge in [-0.1, -0.05) is 12.1 Å². The van der Waals surface area contributed by atoms with E-state index in [1.165, 1.54) is 0 Å². The molecule has 1 aromatic carbocycles. The molecule has 0 radical (unpaired) electrons. The number of nitrogens with two attached hydrogens (primary N) is 1. The van der Waals surface area contributed by atoms with Gasteiger partial charge in [0.25, 0.3) is 5.91 Å². The first-order valence-corrected chi connectivity index (χ1v) is 9.36. The summed E-state index contributed by atoms with van der Waals surface area (Å²) in [6.07, 6.45) is 0. The number of carbonyl (C=O) groups excluding carboxylic acids is 1. The van der Waals surface area contributed by atoms with Crippen LogP contribution in [0.25, 0.3) is 11.3 Å². The Balaban J connectivity index is 1.84. The minimum atomic E-state index is -0.145. The molecule has 3 N–H and O–H groups in total. The van der Waals surface area contributed by atoms with Crippen molar-refractivity contribution >= 4 is 11.9 Å². The van der Waals surface area contributed by atoms with E-state index in [9.17, 15) is 4.79 Å². The number of nitrogen functional groups attached to an aromatic ring is 1. The van der Waals surface area contributed by atoms with Crippen molar-refractivity contribution in [2.45, 2.75) is 47.2 Å². The number of carbonyl (C=O) groups is 1. The van der Waals surface area contributed by atoms with Crippen molar-refractivity contribution in [2.24, 2.45) is 0 Å². The van der Waals surface area contributed by atoms with Gasteiger partial charge in [-0.05, 0) is 52.8 Å². The zero-order valence-corrected chi connectivity index (χ0v) is 16.9. The van der Waals surface area contributed by atoms with Gasteiger partial charge in [-0.3, -0.25) is 9.48 Å². The normalized spacial score (nSPS) is 12.0. The summed E-state index contributed by atoms with van der Waals surface area (Å²) in [7, 11) is 0. The van der Waals surface area contributed by atoms with E-state index in [4.69, 9.17) is 5.73 Å². The Labute approximate surface area is 165 Å². The van der Waals surface area contributed by atoms with Crippen LogP contribution in [-0.2, 0) is 6.54 Å². The molecule has 1 atom stereocenters. The van der Waals surface area contributed by atoms with Crippen molar-refractivity contribution in [1.82, 2.24) is 25.1 Å². The molecular formula is C21H26N6O. The molecule has 2 heterocycles. The molecule has 0 aliphatic heterocycles. The summed E-state index contributed by atoms with van der Waals surface area (Å²) < 4.78 is 1.95. The maximum absolute atomic E-state index is 12.8. The van der Waals surface area contributed by atoms with Gasteiger partial charge in [0.15, 0.2) is 0 Å². The van der Waals surface area contributed by atoms with Crippen LogP contribution in [0.4, 0.5) is 5.95 Å². The van der Waals surface area contributed by atoms with Gasteiger partial charge in [-0.25, -0.2) is 9.97 Å². The van der Waals surface area contributed by atoms with Gasteiger partial charge in [-0.2, -0.15) is 5.10 Å². The minimum Gasteiger partial charge on any atom is -0.368 e. The van der Waals surface area contributed by atoms with Crippen LogP contribution in [0.2, 0.25) is 0 Å². The molecule has 0 fully saturated rings. The van der Waals surface area contributed by atoms with Gasteiger partial charge in [0.1, 0.15) is 0 Å². The second-order valence-electron chi connectivity index (χ2n) is 6.93. The van der Waals surface area contributed by atoms with E-state index in [1.54, 1.807) is 6.07 Å². The Morgan fingerprint density at radius 1 is 1.21 bits per heavy atom. The fraction of sp³-hybridized carbons (Fsp3) is 0.333. The van der Waals surface area contributed by atoms with Crippen LogP contribution in [0.1, 0.15) is 52.9 Å². The highest BCUT2D eigenvalue weighted by Gasteiger charge is 2.19. The van der Waals surface area contributed by atoms with Gasteiger partial charge < -0.3 is 11.1 Å². The summed E-state index contributed by atoms with van der Waals surface area (Å²) in [6, 6.07) is 9.06. The Kier molecular flexibility index (Phi) is 5.44. The first-order valence-electron chi connectivity index (χ1n) is 9.36. The number of hydrogen-bond donors (Lipinski definition) is 2. The zero-order valence-electron chi connectivity index (χ0n) is 16.9. The number of aryl methyl sites for hydroxylation is 3. The summed E-state index contributed by atoms with van der Waals surface area (Å²) in [5.41, 5.74) is 11.7. The smallest absolute Gasteiger partial charge is 0.251 e. The average Bonchev–Trinajstić information content (AvgIpc) is 2.94. The number of amides is 1. The lowest BCUT2D eigenvalue weighted by molar-refractivity contribution is 0.0940. The van der Waals surface area contributed by atoms with Crippen LogP contribution in [0, 0.1) is 20.8 Å². The third kappa shape index (κ3) is 3.88. The third-order valence-corrected chi connectivity index (χ3v) is 4.81. The van der Waals surface area contributed by atoms with Crippen LogP contribution < -0.4 is 11.1 Å². The Morgan fingerprint density at radius 2 is 1.96 bits per heavy atom. The molecule has 0 spiro atoms. The molecular weight excluding hydrogens is 352 g/mol. The van der Waals surface area contributed by atoms with Crippen LogP contribution in [-0.4, -0.2) is 25.7 Å². The van der Waals surface area contributed by atoms with Gasteiger partial charge in [-0.15, -0.1) is 0 Å². The van der Waals surface area contributed by atoms with E-state index >= 15 is 0 Å². The van der Waals surface area contributed by atoms with E-state index in [0.29, 0.717) is 11.3 Å². The summed E-state index contributed by atoms with van der Waals surface area (Å²) in [5.74, 6) is 0.0773. The molecule has 28 heavy (non-hydrogen) atoms. The van der Waals surface area contributed by atoms with Crippen molar-refractivity contribution in [3.8, 4) is 11.3 Å². The number of anilines is 1. The van der Waals surface area contributed by atoms with Gasteiger partial charge in [0.05, 0.1) is 17.4 Å². The standard InChI is InChI=1S/C21H26N6O/c1-6-27-15(5)19(14(4)26-27)13(3)24-20(28)17-9-7-8-16(11-17)18-10-12(2)23-21(22)25-18/h7-11,13H,6H2,1-5H3,(H,24,28)(H2,22,23,25)/t13-/m0/s1. The molecule has 0 unspecified atom stereocenters. The predicted octanol–water partition coefficient (Wildman–Crippen LogP) is 3.36. The van der Waals surface area contributed by atoms with Crippen molar-refractivity contribution < 1.29 is 4.79 Å². The van der Waals surface area contributed by atoms with Crippen molar-refractivity contribution in [1.29, 1.82) is 0 Å². The minimum absolute atomic E-state index is 0.142. The van der Waals surface area contributed by atoms with Crippen molar-refractivity contribution in [3.05, 3.63) is 58.5 Å². The quantitative estimate of drug-likeness (QED) is 0.709. The van der Waals surface area contributed by atoms with Crippen LogP contribution in [0.3, 0.4) is 0 Å².